The first-order valence-electron chi connectivity index (χ1n) is 6.99. The van der Waals surface area contributed by atoms with Crippen molar-refractivity contribution in [3.63, 3.8) is 0 Å². The molecule has 118 valence electrons. The number of amides is 1. The first-order chi connectivity index (χ1) is 11.1. The molecule has 3 rings (SSSR count). The van der Waals surface area contributed by atoms with E-state index in [4.69, 9.17) is 4.74 Å². The normalized spacial score (nSPS) is 10.5. The van der Waals surface area contributed by atoms with E-state index in [1.807, 2.05) is 49.6 Å². The number of aryl methyl sites for hydroxylation is 2. The zero-order valence-corrected chi connectivity index (χ0v) is 14.3. The summed E-state index contributed by atoms with van der Waals surface area (Å²) in [5.74, 6) is 0.459. The summed E-state index contributed by atoms with van der Waals surface area (Å²) >= 11 is 2.94. The number of nitrogens with zero attached hydrogens (tertiary/aromatic N) is 2. The van der Waals surface area contributed by atoms with Gasteiger partial charge < -0.3 is 4.74 Å². The van der Waals surface area contributed by atoms with Gasteiger partial charge in [-0.15, -0.1) is 21.5 Å². The van der Waals surface area contributed by atoms with E-state index in [0.29, 0.717) is 10.9 Å². The molecular weight excluding hydrogens is 330 g/mol. The highest BCUT2D eigenvalue weighted by atomic mass is 32.1. The van der Waals surface area contributed by atoms with Gasteiger partial charge in [0.25, 0.3) is 5.91 Å². The molecule has 1 N–H and O–H groups in total. The summed E-state index contributed by atoms with van der Waals surface area (Å²) in [6.45, 7) is 3.92. The molecule has 23 heavy (non-hydrogen) atoms. The standard InChI is InChI=1S/C16H15N3O2S2/c1-10-5-6-12(11(2)8-10)21-9-14(20)17-16-19-18-15(23-16)13-4-3-7-22-13/h3-8H,9H2,1-2H3,(H,17,19,20). The molecule has 7 heteroatoms. The molecule has 2 heterocycles. The SMILES string of the molecule is Cc1ccc(OCC(=O)Nc2nnc(-c3cccs3)s2)c(C)c1. The van der Waals surface area contributed by atoms with Crippen molar-refractivity contribution in [1.82, 2.24) is 10.2 Å². The van der Waals surface area contributed by atoms with Crippen LogP contribution in [0.2, 0.25) is 0 Å². The van der Waals surface area contributed by atoms with Gasteiger partial charge in [0, 0.05) is 0 Å². The van der Waals surface area contributed by atoms with Crippen LogP contribution < -0.4 is 10.1 Å². The van der Waals surface area contributed by atoms with Crippen LogP contribution in [0.4, 0.5) is 5.13 Å². The summed E-state index contributed by atoms with van der Waals surface area (Å²) in [5, 5.41) is 14.0. The van der Waals surface area contributed by atoms with Crippen LogP contribution in [0.15, 0.2) is 35.7 Å². The Balaban J connectivity index is 1.57. The van der Waals surface area contributed by atoms with E-state index in [0.717, 1.165) is 21.0 Å². The highest BCUT2D eigenvalue weighted by Gasteiger charge is 2.11. The van der Waals surface area contributed by atoms with Crippen LogP contribution in [0.1, 0.15) is 11.1 Å². The third-order valence-electron chi connectivity index (χ3n) is 3.09. The van der Waals surface area contributed by atoms with Gasteiger partial charge in [-0.3, -0.25) is 10.1 Å². The molecule has 0 aliphatic rings. The van der Waals surface area contributed by atoms with Crippen molar-refractivity contribution in [2.24, 2.45) is 0 Å². The van der Waals surface area contributed by atoms with Gasteiger partial charge in [0.2, 0.25) is 5.13 Å². The number of nitrogens with one attached hydrogen (secondary N) is 1. The fourth-order valence-corrected chi connectivity index (χ4v) is 3.59. The molecule has 0 fully saturated rings. The lowest BCUT2D eigenvalue weighted by Gasteiger charge is -2.09. The summed E-state index contributed by atoms with van der Waals surface area (Å²) in [4.78, 5) is 13.0. The third-order valence-corrected chi connectivity index (χ3v) is 4.97. The quantitative estimate of drug-likeness (QED) is 0.762. The molecule has 0 spiro atoms. The Morgan fingerprint density at radius 3 is 2.87 bits per heavy atom. The maximum atomic E-state index is 12.0. The molecule has 0 unspecified atom stereocenters. The molecule has 0 aliphatic carbocycles. The lowest BCUT2D eigenvalue weighted by atomic mass is 10.1. The van der Waals surface area contributed by atoms with Gasteiger partial charge in [-0.2, -0.15) is 0 Å². The second-order valence-corrected chi connectivity index (χ2v) is 6.92. The van der Waals surface area contributed by atoms with Gasteiger partial charge in [0.15, 0.2) is 11.6 Å². The van der Waals surface area contributed by atoms with Crippen molar-refractivity contribution in [2.45, 2.75) is 13.8 Å². The Labute approximate surface area is 142 Å². The molecule has 1 aromatic carbocycles. The van der Waals surface area contributed by atoms with Crippen LogP contribution in [0.25, 0.3) is 9.88 Å². The lowest BCUT2D eigenvalue weighted by Crippen LogP contribution is -2.20. The van der Waals surface area contributed by atoms with Crippen molar-refractivity contribution in [2.75, 3.05) is 11.9 Å². The number of thiophene rings is 1. The number of ether oxygens (including phenoxy) is 1. The highest BCUT2D eigenvalue weighted by molar-refractivity contribution is 7.23. The fourth-order valence-electron chi connectivity index (χ4n) is 2.03. The van der Waals surface area contributed by atoms with Gasteiger partial charge in [-0.25, -0.2) is 0 Å². The minimum Gasteiger partial charge on any atom is -0.483 e. The van der Waals surface area contributed by atoms with E-state index < -0.39 is 0 Å². The number of carbonyl (C=O) groups is 1. The Morgan fingerprint density at radius 1 is 1.26 bits per heavy atom. The van der Waals surface area contributed by atoms with Gasteiger partial charge in [0.1, 0.15) is 5.75 Å². The smallest absolute Gasteiger partial charge is 0.264 e. The predicted molar refractivity (Wildman–Crippen MR) is 93.3 cm³/mol. The second kappa shape index (κ2) is 6.89. The van der Waals surface area contributed by atoms with Crippen molar-refractivity contribution in [1.29, 1.82) is 0 Å². The molecule has 0 saturated carbocycles. The van der Waals surface area contributed by atoms with Crippen molar-refractivity contribution in [3.05, 3.63) is 46.8 Å². The van der Waals surface area contributed by atoms with E-state index in [-0.39, 0.29) is 12.5 Å². The van der Waals surface area contributed by atoms with Crippen LogP contribution in [0, 0.1) is 13.8 Å². The number of anilines is 1. The van der Waals surface area contributed by atoms with Gasteiger partial charge in [-0.05, 0) is 36.9 Å². The van der Waals surface area contributed by atoms with Crippen LogP contribution >= 0.6 is 22.7 Å². The number of rotatable bonds is 5. The van der Waals surface area contributed by atoms with Gasteiger partial charge in [0.05, 0.1) is 4.88 Å². The third kappa shape index (κ3) is 3.94. The average molecular weight is 345 g/mol. The zero-order chi connectivity index (χ0) is 16.2. The molecule has 0 bridgehead atoms. The highest BCUT2D eigenvalue weighted by Crippen LogP contribution is 2.29. The molecule has 2 aromatic heterocycles. The van der Waals surface area contributed by atoms with E-state index in [1.165, 1.54) is 11.3 Å². The Bertz CT molecular complexity index is 813. The Morgan fingerprint density at radius 2 is 2.13 bits per heavy atom. The largest absolute Gasteiger partial charge is 0.483 e. The van der Waals surface area contributed by atoms with Crippen molar-refractivity contribution >= 4 is 33.7 Å². The summed E-state index contributed by atoms with van der Waals surface area (Å²) in [5.41, 5.74) is 2.17. The number of hydrogen-bond acceptors (Lipinski definition) is 6. The van der Waals surface area contributed by atoms with Gasteiger partial charge in [-0.1, -0.05) is 35.1 Å². The lowest BCUT2D eigenvalue weighted by molar-refractivity contribution is -0.118. The molecular formula is C16H15N3O2S2. The molecule has 0 atom stereocenters. The Kier molecular flexibility index (Phi) is 4.68. The van der Waals surface area contributed by atoms with E-state index in [9.17, 15) is 4.79 Å². The number of aromatic nitrogens is 2. The van der Waals surface area contributed by atoms with Crippen LogP contribution in [-0.4, -0.2) is 22.7 Å². The monoisotopic (exact) mass is 345 g/mol. The second-order valence-electron chi connectivity index (χ2n) is 5.00. The number of benzene rings is 1. The first kappa shape index (κ1) is 15.6. The molecule has 5 nitrogen and oxygen atoms in total. The molecule has 3 aromatic rings. The predicted octanol–water partition coefficient (Wildman–Crippen LogP) is 3.90. The Hall–Kier alpha value is -2.25. The number of carbonyl (C=O) groups excluding carboxylic acids is 1. The van der Waals surface area contributed by atoms with Crippen molar-refractivity contribution in [3.8, 4) is 15.6 Å². The van der Waals surface area contributed by atoms with Crippen LogP contribution in [-0.2, 0) is 4.79 Å². The topological polar surface area (TPSA) is 64.1 Å². The van der Waals surface area contributed by atoms with E-state index in [1.54, 1.807) is 11.3 Å². The van der Waals surface area contributed by atoms with Crippen LogP contribution in [0.5, 0.6) is 5.75 Å². The van der Waals surface area contributed by atoms with Gasteiger partial charge >= 0.3 is 0 Å². The maximum absolute atomic E-state index is 12.0. The molecule has 1 amide bonds. The zero-order valence-electron chi connectivity index (χ0n) is 12.7. The summed E-state index contributed by atoms with van der Waals surface area (Å²) < 4.78 is 5.55. The minimum absolute atomic E-state index is 0.0577. The summed E-state index contributed by atoms with van der Waals surface area (Å²) in [6.07, 6.45) is 0. The minimum atomic E-state index is -0.251. The van der Waals surface area contributed by atoms with E-state index in [2.05, 4.69) is 15.5 Å². The maximum Gasteiger partial charge on any atom is 0.264 e. The average Bonchev–Trinajstić information content (AvgIpc) is 3.17. The van der Waals surface area contributed by atoms with Crippen molar-refractivity contribution < 1.29 is 9.53 Å². The first-order valence-corrected chi connectivity index (χ1v) is 8.69. The number of hydrogen-bond donors (Lipinski definition) is 1. The summed E-state index contributed by atoms with van der Waals surface area (Å²) in [7, 11) is 0. The molecule has 0 saturated heterocycles. The molecule has 0 radical (unpaired) electrons. The summed E-state index contributed by atoms with van der Waals surface area (Å²) in [6, 6.07) is 9.78. The molecule has 0 aliphatic heterocycles. The van der Waals surface area contributed by atoms with E-state index >= 15 is 0 Å². The van der Waals surface area contributed by atoms with Crippen LogP contribution in [0.3, 0.4) is 0 Å². The fraction of sp³-hybridized carbons (Fsp3) is 0.188.